The van der Waals surface area contributed by atoms with Gasteiger partial charge in [-0.25, -0.2) is 0 Å². The predicted molar refractivity (Wildman–Crippen MR) is 124 cm³/mol. The van der Waals surface area contributed by atoms with Gasteiger partial charge in [-0.1, -0.05) is 32.9 Å². The average molecular weight is 423 g/mol. The van der Waals surface area contributed by atoms with Crippen molar-refractivity contribution in [3.05, 3.63) is 48.0 Å². The number of amides is 3. The van der Waals surface area contributed by atoms with Crippen molar-refractivity contribution in [3.8, 4) is 0 Å². The molecule has 0 spiro atoms. The van der Waals surface area contributed by atoms with Crippen LogP contribution >= 0.6 is 0 Å². The fourth-order valence-electron chi connectivity index (χ4n) is 2.89. The van der Waals surface area contributed by atoms with Crippen molar-refractivity contribution in [1.82, 2.24) is 0 Å². The number of hydrogen-bond donors (Lipinski definition) is 4. The first-order chi connectivity index (χ1) is 14.6. The van der Waals surface area contributed by atoms with Crippen LogP contribution in [0.1, 0.15) is 39.2 Å². The maximum atomic E-state index is 12.5. The molecule has 3 amide bonds. The molecule has 0 atom stereocenters. The topological polar surface area (TPSA) is 99.3 Å². The zero-order chi connectivity index (χ0) is 22.6. The minimum absolute atomic E-state index is 0.0340. The molecule has 7 nitrogen and oxygen atoms in total. The molecule has 0 radical (unpaired) electrons. The Kier molecular flexibility index (Phi) is 6.63. The van der Waals surface area contributed by atoms with E-state index < -0.39 is 5.41 Å². The number of nitrogens with one attached hydrogen (secondary N) is 4. The van der Waals surface area contributed by atoms with E-state index in [0.717, 1.165) is 24.1 Å². The van der Waals surface area contributed by atoms with Crippen LogP contribution in [0, 0.1) is 18.3 Å². The van der Waals surface area contributed by atoms with Gasteiger partial charge in [0.15, 0.2) is 0 Å². The largest absolute Gasteiger partial charge is 0.376 e. The van der Waals surface area contributed by atoms with E-state index in [1.165, 1.54) is 0 Å². The number of anilines is 4. The summed E-state index contributed by atoms with van der Waals surface area (Å²) in [4.78, 5) is 36.6. The van der Waals surface area contributed by atoms with Gasteiger partial charge in [0.1, 0.15) is 0 Å². The molecule has 0 saturated heterocycles. The summed E-state index contributed by atoms with van der Waals surface area (Å²) in [6, 6.07) is 12.7. The van der Waals surface area contributed by atoms with E-state index in [9.17, 15) is 14.4 Å². The van der Waals surface area contributed by atoms with Crippen molar-refractivity contribution in [2.45, 2.75) is 40.5 Å². The van der Waals surface area contributed by atoms with Crippen LogP contribution in [-0.2, 0) is 14.4 Å². The molecule has 0 aliphatic heterocycles. The van der Waals surface area contributed by atoms with Crippen LogP contribution < -0.4 is 21.3 Å². The Hall–Kier alpha value is -3.35. The Morgan fingerprint density at radius 2 is 1.52 bits per heavy atom. The number of carbonyl (C=O) groups excluding carboxylic acids is 3. The molecule has 2 aromatic rings. The molecule has 1 fully saturated rings. The molecule has 7 heteroatoms. The highest BCUT2D eigenvalue weighted by molar-refractivity contribution is 5.98. The lowest BCUT2D eigenvalue weighted by molar-refractivity contribution is -0.123. The fourth-order valence-corrected chi connectivity index (χ4v) is 2.89. The number of hydrogen-bond acceptors (Lipinski definition) is 4. The van der Waals surface area contributed by atoms with Crippen LogP contribution in [0.2, 0.25) is 0 Å². The molecule has 1 aliphatic rings. The van der Waals surface area contributed by atoms with E-state index in [2.05, 4.69) is 21.3 Å². The van der Waals surface area contributed by atoms with Crippen LogP contribution in [0.3, 0.4) is 0 Å². The van der Waals surface area contributed by atoms with Gasteiger partial charge in [0.05, 0.1) is 6.54 Å². The summed E-state index contributed by atoms with van der Waals surface area (Å²) < 4.78 is 0. The molecular weight excluding hydrogens is 392 g/mol. The Morgan fingerprint density at radius 1 is 0.903 bits per heavy atom. The second-order valence-corrected chi connectivity index (χ2v) is 8.93. The third kappa shape index (κ3) is 6.31. The molecule has 0 heterocycles. The summed E-state index contributed by atoms with van der Waals surface area (Å²) in [6.45, 7) is 7.48. The molecule has 31 heavy (non-hydrogen) atoms. The summed E-state index contributed by atoms with van der Waals surface area (Å²) in [7, 11) is 0. The van der Waals surface area contributed by atoms with Crippen molar-refractivity contribution in [2.75, 3.05) is 27.8 Å². The summed E-state index contributed by atoms with van der Waals surface area (Å²) >= 11 is 0. The molecule has 1 aliphatic carbocycles. The monoisotopic (exact) mass is 422 g/mol. The van der Waals surface area contributed by atoms with Crippen LogP contribution in [0.25, 0.3) is 0 Å². The van der Waals surface area contributed by atoms with Crippen LogP contribution in [0.4, 0.5) is 22.7 Å². The second kappa shape index (κ2) is 9.20. The van der Waals surface area contributed by atoms with Crippen LogP contribution in [0.5, 0.6) is 0 Å². The molecule has 0 unspecified atom stereocenters. The molecule has 164 valence electrons. The third-order valence-corrected chi connectivity index (χ3v) is 5.07. The van der Waals surface area contributed by atoms with E-state index in [0.29, 0.717) is 17.1 Å². The maximum Gasteiger partial charge on any atom is 0.243 e. The summed E-state index contributed by atoms with van der Waals surface area (Å²) in [5.41, 5.74) is 3.09. The van der Waals surface area contributed by atoms with Crippen molar-refractivity contribution >= 4 is 40.5 Å². The number of rotatable bonds is 7. The summed E-state index contributed by atoms with van der Waals surface area (Å²) in [5, 5.41) is 11.8. The first-order valence-corrected chi connectivity index (χ1v) is 10.5. The van der Waals surface area contributed by atoms with Crippen molar-refractivity contribution in [1.29, 1.82) is 0 Å². The highest BCUT2D eigenvalue weighted by Gasteiger charge is 2.29. The highest BCUT2D eigenvalue weighted by atomic mass is 16.2. The first-order valence-electron chi connectivity index (χ1n) is 10.5. The van der Waals surface area contributed by atoms with Gasteiger partial charge in [-0.05, 0) is 55.7 Å². The number of carbonyl (C=O) groups is 3. The first kappa shape index (κ1) is 22.3. The standard InChI is InChI=1S/C24H30N4O3/c1-15-19(9-6-10-20(15)28-22(30)16-11-12-16)27-21(29)14-25-17-7-5-8-18(13-17)26-23(31)24(2,3)4/h5-10,13,16,25H,11-12,14H2,1-4H3,(H,26,31)(H,27,29)(H,28,30). The molecule has 0 aromatic heterocycles. The van der Waals surface area contributed by atoms with Gasteiger partial charge in [0.2, 0.25) is 17.7 Å². The van der Waals surface area contributed by atoms with Crippen LogP contribution in [-0.4, -0.2) is 24.3 Å². The predicted octanol–water partition coefficient (Wildman–Crippen LogP) is 4.38. The lowest BCUT2D eigenvalue weighted by Crippen LogP contribution is -2.27. The van der Waals surface area contributed by atoms with Gasteiger partial charge in [0.25, 0.3) is 0 Å². The van der Waals surface area contributed by atoms with E-state index in [-0.39, 0.29) is 30.2 Å². The Balaban J connectivity index is 1.56. The van der Waals surface area contributed by atoms with Crippen molar-refractivity contribution in [3.63, 3.8) is 0 Å². The zero-order valence-corrected chi connectivity index (χ0v) is 18.5. The summed E-state index contributed by atoms with van der Waals surface area (Å²) in [6.07, 6.45) is 1.88. The van der Waals surface area contributed by atoms with Gasteiger partial charge in [-0.2, -0.15) is 0 Å². The van der Waals surface area contributed by atoms with Crippen molar-refractivity contribution < 1.29 is 14.4 Å². The van der Waals surface area contributed by atoms with E-state index in [1.807, 2.05) is 52.0 Å². The van der Waals surface area contributed by atoms with Gasteiger partial charge in [0, 0.05) is 34.1 Å². The Labute approximate surface area is 183 Å². The third-order valence-electron chi connectivity index (χ3n) is 5.07. The van der Waals surface area contributed by atoms with Gasteiger partial charge in [-0.3, -0.25) is 14.4 Å². The van der Waals surface area contributed by atoms with E-state index >= 15 is 0 Å². The zero-order valence-electron chi connectivity index (χ0n) is 18.5. The van der Waals surface area contributed by atoms with Gasteiger partial charge < -0.3 is 21.3 Å². The van der Waals surface area contributed by atoms with E-state index in [1.54, 1.807) is 18.2 Å². The highest BCUT2D eigenvalue weighted by Crippen LogP contribution is 2.31. The number of benzene rings is 2. The molecule has 2 aromatic carbocycles. The Morgan fingerprint density at radius 3 is 2.16 bits per heavy atom. The average Bonchev–Trinajstić information content (AvgIpc) is 3.54. The van der Waals surface area contributed by atoms with Crippen LogP contribution in [0.15, 0.2) is 42.5 Å². The minimum Gasteiger partial charge on any atom is -0.376 e. The van der Waals surface area contributed by atoms with Crippen molar-refractivity contribution in [2.24, 2.45) is 11.3 Å². The van der Waals surface area contributed by atoms with Gasteiger partial charge in [-0.15, -0.1) is 0 Å². The molecule has 4 N–H and O–H groups in total. The lowest BCUT2D eigenvalue weighted by atomic mass is 9.95. The molecule has 3 rings (SSSR count). The lowest BCUT2D eigenvalue weighted by Gasteiger charge is -2.18. The molecule has 0 bridgehead atoms. The maximum absolute atomic E-state index is 12.5. The minimum atomic E-state index is -0.492. The molecule has 1 saturated carbocycles. The summed E-state index contributed by atoms with van der Waals surface area (Å²) in [5.74, 6) is -0.137. The quantitative estimate of drug-likeness (QED) is 0.532. The Bertz CT molecular complexity index is 991. The van der Waals surface area contributed by atoms with Gasteiger partial charge >= 0.3 is 0 Å². The smallest absolute Gasteiger partial charge is 0.243 e. The van der Waals surface area contributed by atoms with E-state index in [4.69, 9.17) is 0 Å². The molecular formula is C24H30N4O3. The fraction of sp³-hybridized carbons (Fsp3) is 0.375. The second-order valence-electron chi connectivity index (χ2n) is 8.93. The normalized spacial score (nSPS) is 13.3. The SMILES string of the molecule is Cc1c(NC(=O)CNc2cccc(NC(=O)C(C)(C)C)c2)cccc1NC(=O)C1CC1.